The molecule has 0 spiro atoms. The number of hydrogen-bond acceptors (Lipinski definition) is 3. The Morgan fingerprint density at radius 3 is 2.54 bits per heavy atom. The molecule has 136 valence electrons. The summed E-state index contributed by atoms with van der Waals surface area (Å²) in [6.07, 6.45) is 0.986. The highest BCUT2D eigenvalue weighted by atomic mass is 127. The van der Waals surface area contributed by atoms with Crippen molar-refractivity contribution in [2.45, 2.75) is 26.3 Å². The molecule has 24 heavy (non-hydrogen) atoms. The van der Waals surface area contributed by atoms with Crippen molar-refractivity contribution in [3.8, 4) is 0 Å². The van der Waals surface area contributed by atoms with E-state index in [4.69, 9.17) is 5.73 Å². The summed E-state index contributed by atoms with van der Waals surface area (Å²) < 4.78 is 13.8. The number of nitrogens with one attached hydrogen (secondary N) is 1. The molecule has 0 aliphatic carbocycles. The van der Waals surface area contributed by atoms with Crippen molar-refractivity contribution in [1.29, 1.82) is 0 Å². The fourth-order valence-electron chi connectivity index (χ4n) is 2.76. The van der Waals surface area contributed by atoms with Crippen LogP contribution in [0.1, 0.15) is 20.3 Å². The number of hydrogen-bond donors (Lipinski definition) is 2. The van der Waals surface area contributed by atoms with Crippen molar-refractivity contribution in [2.24, 2.45) is 10.7 Å². The third-order valence-corrected chi connectivity index (χ3v) is 3.92. The lowest BCUT2D eigenvalue weighted by molar-refractivity contribution is 0.256. The summed E-state index contributed by atoms with van der Waals surface area (Å²) >= 11 is 0. The van der Waals surface area contributed by atoms with Gasteiger partial charge >= 0.3 is 0 Å². The number of piperazine rings is 1. The third kappa shape index (κ3) is 6.80. The van der Waals surface area contributed by atoms with Gasteiger partial charge in [0.2, 0.25) is 0 Å². The van der Waals surface area contributed by atoms with E-state index in [0.717, 1.165) is 45.7 Å². The zero-order valence-electron chi connectivity index (χ0n) is 14.5. The van der Waals surface area contributed by atoms with Gasteiger partial charge in [-0.05, 0) is 32.4 Å². The van der Waals surface area contributed by atoms with Gasteiger partial charge in [0.15, 0.2) is 5.96 Å². The third-order valence-electron chi connectivity index (χ3n) is 3.92. The quantitative estimate of drug-likeness (QED) is 0.303. The molecule has 1 fully saturated rings. The van der Waals surface area contributed by atoms with Gasteiger partial charge < -0.3 is 16.0 Å². The van der Waals surface area contributed by atoms with Crippen LogP contribution in [-0.4, -0.2) is 56.2 Å². The maximum Gasteiger partial charge on any atom is 0.188 e. The summed E-state index contributed by atoms with van der Waals surface area (Å²) in [4.78, 5) is 8.84. The predicted molar refractivity (Wildman–Crippen MR) is 110 cm³/mol. The highest BCUT2D eigenvalue weighted by Gasteiger charge is 2.18. The van der Waals surface area contributed by atoms with Crippen LogP contribution in [0.5, 0.6) is 0 Å². The zero-order valence-corrected chi connectivity index (χ0v) is 16.9. The van der Waals surface area contributed by atoms with E-state index in [-0.39, 0.29) is 29.8 Å². The van der Waals surface area contributed by atoms with Crippen LogP contribution in [0.15, 0.2) is 29.3 Å². The Morgan fingerprint density at radius 1 is 1.25 bits per heavy atom. The zero-order chi connectivity index (χ0) is 16.7. The van der Waals surface area contributed by atoms with E-state index in [0.29, 0.717) is 17.7 Å². The number of rotatable bonds is 6. The monoisotopic (exact) mass is 449 g/mol. The van der Waals surface area contributed by atoms with Crippen LogP contribution < -0.4 is 16.0 Å². The van der Waals surface area contributed by atoms with Gasteiger partial charge in [-0.15, -0.1) is 24.0 Å². The Morgan fingerprint density at radius 2 is 1.92 bits per heavy atom. The topological polar surface area (TPSA) is 56.9 Å². The van der Waals surface area contributed by atoms with Crippen molar-refractivity contribution in [1.82, 2.24) is 10.2 Å². The van der Waals surface area contributed by atoms with E-state index in [1.165, 1.54) is 6.07 Å². The van der Waals surface area contributed by atoms with Crippen LogP contribution in [-0.2, 0) is 0 Å². The fraction of sp³-hybridized carbons (Fsp3) is 0.588. The van der Waals surface area contributed by atoms with Gasteiger partial charge in [0.25, 0.3) is 0 Å². The summed E-state index contributed by atoms with van der Waals surface area (Å²) in [6, 6.07) is 7.30. The standard InChI is InChI=1S/C17H28FN5.HI/c1-14(2)21-17(19)20-8-5-9-22-10-12-23(13-11-22)16-7-4-3-6-15(16)18;/h3-4,6-7,14H,5,8-13H2,1-2H3,(H3,19,20,21);1H. The molecule has 0 aromatic heterocycles. The normalized spacial score (nSPS) is 16.2. The molecule has 0 amide bonds. The molecular formula is C17H29FIN5. The first-order valence-corrected chi connectivity index (χ1v) is 8.34. The molecule has 5 nitrogen and oxygen atoms in total. The molecule has 1 heterocycles. The highest BCUT2D eigenvalue weighted by Crippen LogP contribution is 2.20. The molecule has 0 saturated carbocycles. The lowest BCUT2D eigenvalue weighted by atomic mass is 10.2. The minimum atomic E-state index is -0.136. The second kappa shape index (κ2) is 10.7. The molecule has 3 N–H and O–H groups in total. The molecule has 0 unspecified atom stereocenters. The van der Waals surface area contributed by atoms with E-state index in [9.17, 15) is 4.39 Å². The van der Waals surface area contributed by atoms with Gasteiger partial charge in [0.05, 0.1) is 5.69 Å². The average Bonchev–Trinajstić information content (AvgIpc) is 2.52. The summed E-state index contributed by atoms with van der Waals surface area (Å²) in [6.45, 7) is 9.45. The number of halogens is 2. The van der Waals surface area contributed by atoms with Gasteiger partial charge in [-0.2, -0.15) is 0 Å². The largest absolute Gasteiger partial charge is 0.370 e. The molecule has 1 aliphatic rings. The minimum absolute atomic E-state index is 0. The average molecular weight is 449 g/mol. The summed E-state index contributed by atoms with van der Waals surface area (Å²) in [5.41, 5.74) is 6.49. The summed E-state index contributed by atoms with van der Waals surface area (Å²) in [5, 5.41) is 3.08. The molecule has 0 radical (unpaired) electrons. The lowest BCUT2D eigenvalue weighted by Crippen LogP contribution is -2.47. The molecule has 2 rings (SSSR count). The molecule has 1 saturated heterocycles. The van der Waals surface area contributed by atoms with Crippen LogP contribution >= 0.6 is 24.0 Å². The maximum atomic E-state index is 13.8. The fourth-order valence-corrected chi connectivity index (χ4v) is 2.76. The number of benzene rings is 1. The van der Waals surface area contributed by atoms with Gasteiger partial charge in [0.1, 0.15) is 5.82 Å². The molecule has 1 aromatic rings. The Kier molecular flexibility index (Phi) is 9.35. The number of nitrogens with two attached hydrogens (primary N) is 1. The van der Waals surface area contributed by atoms with E-state index in [1.807, 2.05) is 26.0 Å². The van der Waals surface area contributed by atoms with Crippen molar-refractivity contribution >= 4 is 35.6 Å². The van der Waals surface area contributed by atoms with Crippen LogP contribution in [0.3, 0.4) is 0 Å². The van der Waals surface area contributed by atoms with Gasteiger partial charge in [0, 0.05) is 45.3 Å². The first-order valence-electron chi connectivity index (χ1n) is 8.34. The van der Waals surface area contributed by atoms with Crippen molar-refractivity contribution in [3.05, 3.63) is 30.1 Å². The Labute approximate surface area is 161 Å². The van der Waals surface area contributed by atoms with Crippen LogP contribution in [0.4, 0.5) is 10.1 Å². The number of nitrogens with zero attached hydrogens (tertiary/aromatic N) is 3. The molecule has 7 heteroatoms. The minimum Gasteiger partial charge on any atom is -0.370 e. The molecule has 0 atom stereocenters. The first-order chi connectivity index (χ1) is 11.1. The van der Waals surface area contributed by atoms with Gasteiger partial charge in [-0.25, -0.2) is 4.39 Å². The van der Waals surface area contributed by atoms with Gasteiger partial charge in [-0.3, -0.25) is 9.89 Å². The first kappa shape index (κ1) is 21.0. The van der Waals surface area contributed by atoms with E-state index < -0.39 is 0 Å². The van der Waals surface area contributed by atoms with E-state index >= 15 is 0 Å². The molecule has 0 bridgehead atoms. The number of guanidine groups is 1. The second-order valence-corrected chi connectivity index (χ2v) is 6.20. The Hall–Kier alpha value is -1.09. The van der Waals surface area contributed by atoms with Gasteiger partial charge in [-0.1, -0.05) is 12.1 Å². The second-order valence-electron chi connectivity index (χ2n) is 6.20. The highest BCUT2D eigenvalue weighted by molar-refractivity contribution is 14.0. The smallest absolute Gasteiger partial charge is 0.188 e. The summed E-state index contributed by atoms with van der Waals surface area (Å²) in [7, 11) is 0. The predicted octanol–water partition coefficient (Wildman–Crippen LogP) is 2.27. The van der Waals surface area contributed by atoms with Crippen molar-refractivity contribution in [3.63, 3.8) is 0 Å². The van der Waals surface area contributed by atoms with E-state index in [1.54, 1.807) is 6.07 Å². The van der Waals surface area contributed by atoms with Crippen molar-refractivity contribution < 1.29 is 4.39 Å². The lowest BCUT2D eigenvalue weighted by Gasteiger charge is -2.36. The number of anilines is 1. The Bertz CT molecular complexity index is 515. The Balaban J connectivity index is 0.00000288. The molecule has 1 aromatic carbocycles. The molecule has 1 aliphatic heterocycles. The summed E-state index contributed by atoms with van der Waals surface area (Å²) in [5.74, 6) is 0.382. The van der Waals surface area contributed by atoms with Crippen molar-refractivity contribution in [2.75, 3.05) is 44.2 Å². The van der Waals surface area contributed by atoms with Crippen LogP contribution in [0.2, 0.25) is 0 Å². The number of aliphatic imine (C=N–C) groups is 1. The number of para-hydroxylation sites is 1. The molecular weight excluding hydrogens is 420 g/mol. The maximum absolute atomic E-state index is 13.8. The van der Waals surface area contributed by atoms with Crippen LogP contribution in [0.25, 0.3) is 0 Å². The SMILES string of the molecule is CC(C)NC(N)=NCCCN1CCN(c2ccccc2F)CC1.I. The van der Waals surface area contributed by atoms with E-state index in [2.05, 4.69) is 20.1 Å². The van der Waals surface area contributed by atoms with Crippen LogP contribution in [0, 0.1) is 5.82 Å².